The molecule has 29 heavy (non-hydrogen) atoms. The minimum Gasteiger partial charge on any atom is -0.365 e. The van der Waals surface area contributed by atoms with Crippen LogP contribution in [-0.2, 0) is 6.54 Å². The lowest BCUT2D eigenvalue weighted by molar-refractivity contribution is 0.0257. The highest BCUT2D eigenvalue weighted by Gasteiger charge is 2.39. The number of H-pyrrole nitrogens is 1. The molecular weight excluding hydrogens is 394 g/mol. The summed E-state index contributed by atoms with van der Waals surface area (Å²) in [4.78, 5) is 15.2. The number of rotatable bonds is 5. The topological polar surface area (TPSA) is 61.0 Å². The van der Waals surface area contributed by atoms with Gasteiger partial charge in [-0.25, -0.2) is 8.78 Å². The summed E-state index contributed by atoms with van der Waals surface area (Å²) in [6, 6.07) is 12.7. The summed E-state index contributed by atoms with van der Waals surface area (Å²) in [6.45, 7) is 4.16. The fourth-order valence-electron chi connectivity index (χ4n) is 3.16. The molecule has 3 heterocycles. The van der Waals surface area contributed by atoms with E-state index in [0.717, 1.165) is 16.3 Å². The minimum absolute atomic E-state index is 0.192. The number of aromatic amines is 1. The first-order valence-electron chi connectivity index (χ1n) is 9.60. The van der Waals surface area contributed by atoms with Gasteiger partial charge in [-0.05, 0) is 29.6 Å². The van der Waals surface area contributed by atoms with Crippen LogP contribution in [0, 0.1) is 0 Å². The maximum Gasteiger partial charge on any atom is 0.266 e. The van der Waals surface area contributed by atoms with E-state index in [1.807, 2.05) is 37.4 Å². The number of thiophene rings is 1. The van der Waals surface area contributed by atoms with E-state index in [4.69, 9.17) is 0 Å². The van der Waals surface area contributed by atoms with Crippen LogP contribution >= 0.6 is 11.3 Å². The van der Waals surface area contributed by atoms with E-state index in [-0.39, 0.29) is 32.0 Å². The van der Waals surface area contributed by atoms with Crippen molar-refractivity contribution in [3.8, 4) is 10.6 Å². The summed E-state index contributed by atoms with van der Waals surface area (Å²) in [7, 11) is 0. The van der Waals surface area contributed by atoms with Gasteiger partial charge in [0, 0.05) is 18.7 Å². The molecule has 8 heteroatoms. The molecule has 0 atom stereocenters. The Bertz CT molecular complexity index is 940. The van der Waals surface area contributed by atoms with Crippen molar-refractivity contribution < 1.29 is 13.6 Å². The van der Waals surface area contributed by atoms with Crippen molar-refractivity contribution in [3.05, 3.63) is 59.1 Å². The van der Waals surface area contributed by atoms with Gasteiger partial charge < -0.3 is 10.2 Å². The number of hydrogen-bond acceptors (Lipinski definition) is 4. The first-order valence-corrected chi connectivity index (χ1v) is 10.5. The van der Waals surface area contributed by atoms with Crippen LogP contribution < -0.4 is 10.2 Å². The van der Waals surface area contributed by atoms with Gasteiger partial charge >= 0.3 is 0 Å². The SMILES string of the molecule is CC.O=C(NCc1cc(-c2cccs2)n[nH]1)c1ccccc1N1CCC(F)(F)C1. The summed E-state index contributed by atoms with van der Waals surface area (Å²) < 4.78 is 27.1. The first-order chi connectivity index (χ1) is 14.0. The van der Waals surface area contributed by atoms with E-state index in [2.05, 4.69) is 15.5 Å². The summed E-state index contributed by atoms with van der Waals surface area (Å²) in [5.74, 6) is -3.01. The molecule has 0 aliphatic carbocycles. The molecule has 1 amide bonds. The van der Waals surface area contributed by atoms with Crippen LogP contribution in [0.25, 0.3) is 10.6 Å². The van der Waals surface area contributed by atoms with E-state index in [0.29, 0.717) is 11.3 Å². The highest BCUT2D eigenvalue weighted by Crippen LogP contribution is 2.32. The van der Waals surface area contributed by atoms with E-state index in [1.54, 1.807) is 40.5 Å². The van der Waals surface area contributed by atoms with Crippen molar-refractivity contribution in [1.82, 2.24) is 15.5 Å². The standard InChI is InChI=1S/C19H18F2N4OS.C2H6/c20-19(21)7-8-25(12-19)16-5-2-1-4-14(16)18(26)22-11-13-10-15(24-23-13)17-6-3-9-27-17;1-2/h1-6,9-10H,7-8,11-12H2,(H,22,26)(H,23,24);1-2H3. The first kappa shape index (κ1) is 21.0. The second kappa shape index (κ2) is 9.17. The Morgan fingerprint density at radius 3 is 2.76 bits per heavy atom. The highest BCUT2D eigenvalue weighted by atomic mass is 32.1. The maximum absolute atomic E-state index is 13.5. The average molecular weight is 419 g/mol. The van der Waals surface area contributed by atoms with Crippen LogP contribution in [-0.4, -0.2) is 35.1 Å². The number of benzene rings is 1. The number of amides is 1. The number of alkyl halides is 2. The van der Waals surface area contributed by atoms with Crippen LogP contribution in [0.1, 0.15) is 36.3 Å². The Balaban J connectivity index is 0.00000117. The number of hydrogen-bond donors (Lipinski definition) is 2. The van der Waals surface area contributed by atoms with Gasteiger partial charge in [0.15, 0.2) is 0 Å². The molecule has 1 aromatic carbocycles. The van der Waals surface area contributed by atoms with Gasteiger partial charge in [-0.1, -0.05) is 32.0 Å². The third kappa shape index (κ3) is 5.00. The molecule has 0 bridgehead atoms. The number of nitrogens with zero attached hydrogens (tertiary/aromatic N) is 2. The minimum atomic E-state index is -2.71. The molecule has 0 unspecified atom stereocenters. The van der Waals surface area contributed by atoms with E-state index in [9.17, 15) is 13.6 Å². The monoisotopic (exact) mass is 418 g/mol. The smallest absolute Gasteiger partial charge is 0.266 e. The molecule has 0 spiro atoms. The van der Waals surface area contributed by atoms with Gasteiger partial charge in [-0.2, -0.15) is 5.10 Å². The van der Waals surface area contributed by atoms with Crippen molar-refractivity contribution in [2.24, 2.45) is 0 Å². The summed E-state index contributed by atoms with van der Waals surface area (Å²) >= 11 is 1.59. The normalized spacial score (nSPS) is 15.0. The predicted octanol–water partition coefficient (Wildman–Crippen LogP) is 4.94. The van der Waals surface area contributed by atoms with Crippen LogP contribution in [0.4, 0.5) is 14.5 Å². The fraction of sp³-hybridized carbons (Fsp3) is 0.333. The third-order valence-electron chi connectivity index (χ3n) is 4.50. The van der Waals surface area contributed by atoms with E-state index < -0.39 is 5.92 Å². The summed E-state index contributed by atoms with van der Waals surface area (Å²) in [5.41, 5.74) is 2.54. The Labute approximate surface area is 172 Å². The maximum atomic E-state index is 13.5. The Morgan fingerprint density at radius 2 is 2.07 bits per heavy atom. The number of aromatic nitrogens is 2. The molecule has 5 nitrogen and oxygen atoms in total. The second-order valence-corrected chi connectivity index (χ2v) is 7.43. The van der Waals surface area contributed by atoms with Gasteiger partial charge in [0.05, 0.1) is 29.2 Å². The number of anilines is 1. The largest absolute Gasteiger partial charge is 0.365 e. The molecule has 154 valence electrons. The van der Waals surface area contributed by atoms with E-state index in [1.165, 1.54) is 0 Å². The van der Waals surface area contributed by atoms with Crippen molar-refractivity contribution in [1.29, 1.82) is 0 Å². The molecule has 0 radical (unpaired) electrons. The lowest BCUT2D eigenvalue weighted by Crippen LogP contribution is -2.29. The van der Waals surface area contributed by atoms with Crippen molar-refractivity contribution >= 4 is 22.9 Å². The number of nitrogens with one attached hydrogen (secondary N) is 2. The molecule has 1 aliphatic heterocycles. The Hall–Kier alpha value is -2.74. The number of para-hydroxylation sites is 1. The molecule has 1 aliphatic rings. The number of carbonyl (C=O) groups excluding carboxylic acids is 1. The van der Waals surface area contributed by atoms with Gasteiger partial charge in [0.2, 0.25) is 0 Å². The fourth-order valence-corrected chi connectivity index (χ4v) is 3.84. The molecule has 2 N–H and O–H groups in total. The zero-order valence-corrected chi connectivity index (χ0v) is 17.2. The number of carbonyl (C=O) groups is 1. The number of halogens is 2. The van der Waals surface area contributed by atoms with Crippen LogP contribution in [0.2, 0.25) is 0 Å². The summed E-state index contributed by atoms with van der Waals surface area (Å²) in [6.07, 6.45) is -0.192. The van der Waals surface area contributed by atoms with Gasteiger partial charge in [0.1, 0.15) is 5.69 Å². The van der Waals surface area contributed by atoms with Crippen molar-refractivity contribution in [2.45, 2.75) is 32.7 Å². The molecular formula is C21H24F2N4OS. The Morgan fingerprint density at radius 1 is 1.28 bits per heavy atom. The predicted molar refractivity (Wildman–Crippen MR) is 113 cm³/mol. The van der Waals surface area contributed by atoms with Crippen LogP contribution in [0.5, 0.6) is 0 Å². The van der Waals surface area contributed by atoms with Gasteiger partial charge in [-0.3, -0.25) is 9.89 Å². The van der Waals surface area contributed by atoms with Gasteiger partial charge in [-0.15, -0.1) is 11.3 Å². The average Bonchev–Trinajstić information content (AvgIpc) is 3.48. The van der Waals surface area contributed by atoms with Crippen molar-refractivity contribution in [3.63, 3.8) is 0 Å². The second-order valence-electron chi connectivity index (χ2n) is 6.48. The van der Waals surface area contributed by atoms with Crippen LogP contribution in [0.3, 0.4) is 0 Å². The quantitative estimate of drug-likeness (QED) is 0.617. The van der Waals surface area contributed by atoms with Gasteiger partial charge in [0.25, 0.3) is 11.8 Å². The lowest BCUT2D eigenvalue weighted by Gasteiger charge is -2.21. The van der Waals surface area contributed by atoms with E-state index >= 15 is 0 Å². The zero-order chi connectivity index (χ0) is 20.9. The molecule has 3 aromatic rings. The summed E-state index contributed by atoms with van der Waals surface area (Å²) in [5, 5.41) is 12.0. The lowest BCUT2D eigenvalue weighted by atomic mass is 10.1. The Kier molecular flexibility index (Phi) is 6.64. The van der Waals surface area contributed by atoms with Crippen molar-refractivity contribution in [2.75, 3.05) is 18.0 Å². The molecule has 1 fully saturated rings. The molecule has 4 rings (SSSR count). The molecule has 1 saturated heterocycles. The molecule has 2 aromatic heterocycles. The highest BCUT2D eigenvalue weighted by molar-refractivity contribution is 7.13. The zero-order valence-electron chi connectivity index (χ0n) is 16.4. The molecule has 0 saturated carbocycles. The van der Waals surface area contributed by atoms with Crippen LogP contribution in [0.15, 0.2) is 47.8 Å². The third-order valence-corrected chi connectivity index (χ3v) is 5.40.